The molecule has 4 unspecified atom stereocenters. The molecule has 7 atom stereocenters. The van der Waals surface area contributed by atoms with Crippen molar-refractivity contribution in [3.63, 3.8) is 0 Å². The average molecular weight is 1100 g/mol. The standard InChI is InChI=1S/C13H25O2P.C10H19O2.2CH4.I2.HI.W.Y/c1-9-12(14)10(8-13(2,3)4)11(15-9)6-7-16-5;1-7-9(11)5-8(12-7)6-10(2,3)4;;;1-2;;;/h9-12,14H,5-8H2,1-4H3;5,7-9,11H,6H2,1-4H3;2*1H4;;1H;;/q;-1;;;;;;/t9?,10-,11?,12+;7?,8?,9-;;;;;;/m11....../s1. The van der Waals surface area contributed by atoms with Crippen LogP contribution in [0.5, 0.6) is 0 Å². The van der Waals surface area contributed by atoms with Crippen LogP contribution in [0.3, 0.4) is 0 Å². The summed E-state index contributed by atoms with van der Waals surface area (Å²) in [6.45, 7) is 17.1. The predicted octanol–water partition coefficient (Wildman–Crippen LogP) is 8.39. The zero-order valence-electron chi connectivity index (χ0n) is 21.5. The van der Waals surface area contributed by atoms with Gasteiger partial charge in [-0.25, -0.2) is 0 Å². The van der Waals surface area contributed by atoms with E-state index in [1.165, 1.54) is 8.20 Å². The number of rotatable bonds is 5. The van der Waals surface area contributed by atoms with Crippen LogP contribution in [0.15, 0.2) is 0 Å². The molecular formula is C25H53I3O4PWY-. The molecule has 0 aliphatic carbocycles. The average Bonchev–Trinajstić information content (AvgIpc) is 3.05. The van der Waals surface area contributed by atoms with Gasteiger partial charge in [0.15, 0.2) is 0 Å². The van der Waals surface area contributed by atoms with Crippen molar-refractivity contribution in [2.24, 2.45) is 16.7 Å². The van der Waals surface area contributed by atoms with Crippen LogP contribution in [-0.4, -0.2) is 59.3 Å². The van der Waals surface area contributed by atoms with E-state index in [-0.39, 0.29) is 146 Å². The Morgan fingerprint density at radius 3 is 1.71 bits per heavy atom. The number of aliphatic hydroxyl groups excluding tert-OH is 2. The Kier molecular flexibility index (Phi) is 37.9. The molecule has 1 radical (unpaired) electrons. The topological polar surface area (TPSA) is 58.9 Å². The van der Waals surface area contributed by atoms with Crippen molar-refractivity contribution in [3.05, 3.63) is 6.42 Å². The summed E-state index contributed by atoms with van der Waals surface area (Å²) in [5.74, 6) is 0.289. The Bertz CT molecular complexity index is 486. The van der Waals surface area contributed by atoms with Gasteiger partial charge in [0.05, 0.1) is 18.3 Å². The summed E-state index contributed by atoms with van der Waals surface area (Å²) in [5, 5.41) is 19.5. The molecule has 2 saturated heterocycles. The van der Waals surface area contributed by atoms with Crippen LogP contribution in [0.1, 0.15) is 89.5 Å². The molecule has 0 aromatic heterocycles. The molecule has 2 N–H and O–H groups in total. The van der Waals surface area contributed by atoms with Crippen LogP contribution in [0.2, 0.25) is 0 Å². The Hall–Kier alpha value is 3.99. The SMILES string of the molecule is C.C.C=PCCC1OC(C)[C@H](O)[C@@H]1CC(C)(C)C.CC1OC(CC(C)(C)C)[CH-][C@H]1O.I.II.[W].[Y]. The van der Waals surface area contributed by atoms with Crippen LogP contribution >= 0.6 is 69.4 Å². The first kappa shape index (κ1) is 51.7. The molecule has 2 rings (SSSR count). The van der Waals surface area contributed by atoms with E-state index in [0.29, 0.717) is 0 Å². The summed E-state index contributed by atoms with van der Waals surface area (Å²) < 4.78 is 11.4. The van der Waals surface area contributed by atoms with Gasteiger partial charge in [-0.3, -0.25) is 6.42 Å². The van der Waals surface area contributed by atoms with E-state index in [4.69, 9.17) is 9.47 Å². The molecule has 0 aromatic carbocycles. The molecule has 2 aliphatic rings. The van der Waals surface area contributed by atoms with E-state index in [0.717, 1.165) is 25.4 Å². The number of hydrogen-bond acceptors (Lipinski definition) is 4. The summed E-state index contributed by atoms with van der Waals surface area (Å²) in [4.78, 5) is 0. The minimum Gasteiger partial charge on any atom is -0.422 e. The fourth-order valence-electron chi connectivity index (χ4n) is 3.98. The molecule has 35 heavy (non-hydrogen) atoms. The Balaban J connectivity index is -0.000000101. The summed E-state index contributed by atoms with van der Waals surface area (Å²) in [5.41, 5.74) is 0.518. The van der Waals surface area contributed by atoms with Gasteiger partial charge in [-0.15, -0.1) is 32.2 Å². The zero-order valence-corrected chi connectivity index (χ0v) is 34.8. The third kappa shape index (κ3) is 23.3. The summed E-state index contributed by atoms with van der Waals surface area (Å²) in [7, 11) is 1.17. The molecule has 0 aromatic rings. The minimum absolute atomic E-state index is 0. The molecule has 2 heterocycles. The Labute approximate surface area is 300 Å². The van der Waals surface area contributed by atoms with Gasteiger partial charge >= 0.3 is 0 Å². The second-order valence-corrected chi connectivity index (χ2v) is 11.8. The molecule has 213 valence electrons. The molecular weight excluding hydrogens is 1050 g/mol. The number of hydrogen-bond donors (Lipinski definition) is 2. The molecule has 0 spiro atoms. The van der Waals surface area contributed by atoms with Crippen molar-refractivity contribution < 1.29 is 73.5 Å². The molecule has 2 aliphatic heterocycles. The van der Waals surface area contributed by atoms with Crippen LogP contribution < -0.4 is 0 Å². The van der Waals surface area contributed by atoms with Crippen LogP contribution in [0.25, 0.3) is 0 Å². The minimum atomic E-state index is -0.377. The van der Waals surface area contributed by atoms with Gasteiger partial charge in [0.1, 0.15) is 0 Å². The van der Waals surface area contributed by atoms with Crippen LogP contribution in [0, 0.1) is 23.2 Å². The van der Waals surface area contributed by atoms with Gasteiger partial charge in [0.2, 0.25) is 0 Å². The quantitative estimate of drug-likeness (QED) is 0.165. The second kappa shape index (κ2) is 25.7. The van der Waals surface area contributed by atoms with Crippen molar-refractivity contribution >= 4 is 75.7 Å². The Morgan fingerprint density at radius 2 is 1.37 bits per heavy atom. The third-order valence-electron chi connectivity index (χ3n) is 5.30. The first-order valence-electron chi connectivity index (χ1n) is 10.8. The van der Waals surface area contributed by atoms with Crippen LogP contribution in [0.4, 0.5) is 0 Å². The van der Waals surface area contributed by atoms with Gasteiger partial charge in [0, 0.05) is 103 Å². The van der Waals surface area contributed by atoms with Crippen molar-refractivity contribution in [1.82, 2.24) is 0 Å². The van der Waals surface area contributed by atoms with E-state index >= 15 is 0 Å². The number of aliphatic hydroxyl groups is 2. The van der Waals surface area contributed by atoms with Crippen LogP contribution in [-0.2, 0) is 63.2 Å². The van der Waals surface area contributed by atoms with E-state index < -0.39 is 0 Å². The maximum absolute atomic E-state index is 10.1. The normalized spacial score (nSPS) is 29.3. The van der Waals surface area contributed by atoms with Gasteiger partial charge < -0.3 is 19.7 Å². The predicted molar refractivity (Wildman–Crippen MR) is 177 cm³/mol. The summed E-state index contributed by atoms with van der Waals surface area (Å²) >= 11 is 4.24. The molecule has 10 heteroatoms. The van der Waals surface area contributed by atoms with Crippen molar-refractivity contribution in [2.45, 2.75) is 126 Å². The van der Waals surface area contributed by atoms with E-state index in [2.05, 4.69) is 85.1 Å². The largest absolute Gasteiger partial charge is 0.422 e. The first-order valence-corrected chi connectivity index (χ1v) is 18.4. The molecule has 4 nitrogen and oxygen atoms in total. The fourth-order valence-corrected chi connectivity index (χ4v) is 4.42. The smallest absolute Gasteiger partial charge is 0.0852 e. The van der Waals surface area contributed by atoms with Gasteiger partial charge in [-0.2, -0.15) is 0 Å². The maximum Gasteiger partial charge on any atom is 0.0852 e. The molecule has 2 fully saturated rings. The number of halogens is 3. The van der Waals surface area contributed by atoms with E-state index in [1.54, 1.807) is 0 Å². The third-order valence-corrected chi connectivity index (χ3v) is 5.88. The maximum atomic E-state index is 10.1. The van der Waals surface area contributed by atoms with Gasteiger partial charge in [0.25, 0.3) is 0 Å². The molecule has 0 bridgehead atoms. The van der Waals surface area contributed by atoms with E-state index in [1.807, 2.05) is 20.3 Å². The molecule has 0 amide bonds. The van der Waals surface area contributed by atoms with Gasteiger partial charge in [-0.1, -0.05) is 75.2 Å². The van der Waals surface area contributed by atoms with Crippen molar-refractivity contribution in [2.75, 3.05) is 6.16 Å². The van der Waals surface area contributed by atoms with Crippen molar-refractivity contribution in [1.29, 1.82) is 0 Å². The first-order chi connectivity index (χ1) is 13.7. The fraction of sp³-hybridized carbons (Fsp3) is 0.920. The van der Waals surface area contributed by atoms with Crippen molar-refractivity contribution in [3.8, 4) is 0 Å². The monoisotopic (exact) mass is 1100 g/mol. The summed E-state index contributed by atoms with van der Waals surface area (Å²) in [6.07, 6.45) is 9.46. The van der Waals surface area contributed by atoms with Gasteiger partial charge in [-0.05, 0) is 49.8 Å². The Morgan fingerprint density at radius 1 is 0.914 bits per heavy atom. The van der Waals surface area contributed by atoms with E-state index in [9.17, 15) is 10.2 Å². The zero-order chi connectivity index (χ0) is 23.7. The summed E-state index contributed by atoms with van der Waals surface area (Å²) in [6, 6.07) is 0. The molecule has 0 saturated carbocycles. The number of ether oxygens (including phenoxy) is 2. The second-order valence-electron chi connectivity index (χ2n) is 10.9.